The zero-order valence-electron chi connectivity index (χ0n) is 10.3. The molecule has 2 aromatic heterocycles. The number of nitrogens with one attached hydrogen (secondary N) is 1. The van der Waals surface area contributed by atoms with E-state index in [-0.39, 0.29) is 0 Å². The normalized spacial score (nSPS) is 10.8. The van der Waals surface area contributed by atoms with Gasteiger partial charge in [-0.1, -0.05) is 0 Å². The van der Waals surface area contributed by atoms with Crippen LogP contribution in [0.5, 0.6) is 0 Å². The van der Waals surface area contributed by atoms with Gasteiger partial charge in [-0.3, -0.25) is 4.68 Å². The number of rotatable bonds is 5. The van der Waals surface area contributed by atoms with E-state index in [2.05, 4.69) is 15.4 Å². The van der Waals surface area contributed by atoms with E-state index < -0.39 is 0 Å². The number of methoxy groups -OCH3 is 1. The van der Waals surface area contributed by atoms with Crippen molar-refractivity contribution in [2.24, 2.45) is 7.05 Å². The predicted octanol–water partition coefficient (Wildman–Crippen LogP) is 1.32. The summed E-state index contributed by atoms with van der Waals surface area (Å²) >= 11 is 0. The molecule has 0 unspecified atom stereocenters. The second-order valence-electron chi connectivity index (χ2n) is 3.89. The van der Waals surface area contributed by atoms with E-state index in [1.165, 1.54) is 0 Å². The van der Waals surface area contributed by atoms with Crippen molar-refractivity contribution in [3.8, 4) is 0 Å². The van der Waals surface area contributed by atoms with Gasteiger partial charge in [-0.2, -0.15) is 5.10 Å². The molecule has 0 aliphatic carbocycles. The van der Waals surface area contributed by atoms with Crippen molar-refractivity contribution in [1.82, 2.24) is 19.3 Å². The number of hydrogen-bond donors (Lipinski definition) is 1. The van der Waals surface area contributed by atoms with Crippen LogP contribution < -0.4 is 5.32 Å². The van der Waals surface area contributed by atoms with Crippen LogP contribution >= 0.6 is 0 Å². The summed E-state index contributed by atoms with van der Waals surface area (Å²) < 4.78 is 8.84. The zero-order chi connectivity index (χ0) is 12.3. The van der Waals surface area contributed by atoms with Gasteiger partial charge in [0.1, 0.15) is 0 Å². The highest BCUT2D eigenvalue weighted by atomic mass is 16.5. The van der Waals surface area contributed by atoms with E-state index in [1.807, 2.05) is 37.0 Å². The minimum Gasteiger partial charge on any atom is -0.383 e. The van der Waals surface area contributed by atoms with Crippen LogP contribution in [0.3, 0.4) is 0 Å². The van der Waals surface area contributed by atoms with E-state index >= 15 is 0 Å². The minimum atomic E-state index is 0.659. The summed E-state index contributed by atoms with van der Waals surface area (Å²) in [6, 6.07) is 1.91. The van der Waals surface area contributed by atoms with Gasteiger partial charge >= 0.3 is 0 Å². The van der Waals surface area contributed by atoms with Crippen molar-refractivity contribution in [3.05, 3.63) is 24.2 Å². The third-order valence-corrected chi connectivity index (χ3v) is 2.39. The van der Waals surface area contributed by atoms with Crippen molar-refractivity contribution >= 4 is 11.8 Å². The summed E-state index contributed by atoms with van der Waals surface area (Å²) in [6.45, 7) is 3.39. The summed E-state index contributed by atoms with van der Waals surface area (Å²) in [7, 11) is 3.57. The molecule has 0 atom stereocenters. The Morgan fingerprint density at radius 1 is 1.47 bits per heavy atom. The smallest absolute Gasteiger partial charge is 0.208 e. The largest absolute Gasteiger partial charge is 0.383 e. The first-order valence-corrected chi connectivity index (χ1v) is 5.48. The molecular formula is C11H17N5O. The molecule has 2 aromatic rings. The lowest BCUT2D eigenvalue weighted by Gasteiger charge is -2.06. The summed E-state index contributed by atoms with van der Waals surface area (Å²) in [5.74, 6) is 1.58. The SMILES string of the molecule is COCCn1cc(C)nc1Nc1ccn(C)n1. The van der Waals surface area contributed by atoms with Crippen LogP contribution in [0.2, 0.25) is 0 Å². The Kier molecular flexibility index (Phi) is 3.43. The maximum absolute atomic E-state index is 5.07. The number of ether oxygens (including phenoxy) is 1. The highest BCUT2D eigenvalue weighted by Crippen LogP contribution is 2.14. The molecule has 0 spiro atoms. The predicted molar refractivity (Wildman–Crippen MR) is 65.3 cm³/mol. The quantitative estimate of drug-likeness (QED) is 0.849. The Morgan fingerprint density at radius 3 is 2.94 bits per heavy atom. The third-order valence-electron chi connectivity index (χ3n) is 2.39. The summed E-state index contributed by atoms with van der Waals surface area (Å²) in [5, 5.41) is 7.45. The molecule has 1 N–H and O–H groups in total. The van der Waals surface area contributed by atoms with Crippen molar-refractivity contribution in [2.75, 3.05) is 19.0 Å². The molecule has 2 heterocycles. The van der Waals surface area contributed by atoms with E-state index in [1.54, 1.807) is 11.8 Å². The van der Waals surface area contributed by atoms with E-state index in [4.69, 9.17) is 4.74 Å². The number of nitrogens with zero attached hydrogens (tertiary/aromatic N) is 4. The molecule has 0 aliphatic rings. The Labute approximate surface area is 100 Å². The van der Waals surface area contributed by atoms with Crippen LogP contribution in [0.1, 0.15) is 5.69 Å². The molecule has 0 amide bonds. The van der Waals surface area contributed by atoms with Gasteiger partial charge in [0.05, 0.1) is 12.3 Å². The molecule has 0 radical (unpaired) electrons. The van der Waals surface area contributed by atoms with E-state index in [0.29, 0.717) is 6.61 Å². The number of imidazole rings is 1. The van der Waals surface area contributed by atoms with Gasteiger partial charge in [0.25, 0.3) is 0 Å². The average molecular weight is 235 g/mol. The molecule has 2 rings (SSSR count). The molecule has 6 nitrogen and oxygen atoms in total. The van der Waals surface area contributed by atoms with Gasteiger partial charge in [-0.05, 0) is 6.92 Å². The highest BCUT2D eigenvalue weighted by molar-refractivity contribution is 5.47. The fourth-order valence-electron chi connectivity index (χ4n) is 1.60. The highest BCUT2D eigenvalue weighted by Gasteiger charge is 2.06. The van der Waals surface area contributed by atoms with Crippen molar-refractivity contribution in [1.29, 1.82) is 0 Å². The molecule has 92 valence electrons. The monoisotopic (exact) mass is 235 g/mol. The Bertz CT molecular complexity index is 488. The molecule has 0 saturated carbocycles. The first-order chi connectivity index (χ1) is 8.19. The van der Waals surface area contributed by atoms with Crippen LogP contribution in [0.4, 0.5) is 11.8 Å². The molecule has 0 fully saturated rings. The van der Waals surface area contributed by atoms with Crippen LogP contribution in [0.15, 0.2) is 18.5 Å². The standard InChI is InChI=1S/C11H17N5O/c1-9-8-16(6-7-17-3)11(12-9)13-10-4-5-15(2)14-10/h4-5,8H,6-7H2,1-3H3,(H,12,13,14). The van der Waals surface area contributed by atoms with Gasteiger partial charge < -0.3 is 14.6 Å². The lowest BCUT2D eigenvalue weighted by Crippen LogP contribution is -2.07. The number of aromatic nitrogens is 4. The van der Waals surface area contributed by atoms with Crippen molar-refractivity contribution in [2.45, 2.75) is 13.5 Å². The average Bonchev–Trinajstić information content (AvgIpc) is 2.83. The van der Waals surface area contributed by atoms with E-state index in [9.17, 15) is 0 Å². The second kappa shape index (κ2) is 5.01. The molecule has 6 heteroatoms. The lowest BCUT2D eigenvalue weighted by atomic mass is 10.5. The summed E-state index contributed by atoms with van der Waals surface area (Å²) in [6.07, 6.45) is 3.88. The van der Waals surface area contributed by atoms with Gasteiger partial charge in [0.15, 0.2) is 5.82 Å². The third kappa shape index (κ3) is 2.85. The van der Waals surface area contributed by atoms with Crippen molar-refractivity contribution < 1.29 is 4.74 Å². The first kappa shape index (κ1) is 11.7. The van der Waals surface area contributed by atoms with E-state index in [0.717, 1.165) is 24.0 Å². The van der Waals surface area contributed by atoms with Crippen LogP contribution in [-0.4, -0.2) is 33.0 Å². The number of anilines is 2. The fourth-order valence-corrected chi connectivity index (χ4v) is 1.60. The van der Waals surface area contributed by atoms with Crippen molar-refractivity contribution in [3.63, 3.8) is 0 Å². The molecule has 0 aliphatic heterocycles. The van der Waals surface area contributed by atoms with Crippen LogP contribution in [0.25, 0.3) is 0 Å². The maximum Gasteiger partial charge on any atom is 0.208 e. The van der Waals surface area contributed by atoms with Gasteiger partial charge in [-0.15, -0.1) is 0 Å². The minimum absolute atomic E-state index is 0.659. The van der Waals surface area contributed by atoms with Gasteiger partial charge in [0.2, 0.25) is 5.95 Å². The maximum atomic E-state index is 5.07. The van der Waals surface area contributed by atoms with Gasteiger partial charge in [-0.25, -0.2) is 4.98 Å². The molecule has 0 aromatic carbocycles. The zero-order valence-corrected chi connectivity index (χ0v) is 10.3. The Morgan fingerprint density at radius 2 is 2.29 bits per heavy atom. The molecule has 0 saturated heterocycles. The Balaban J connectivity index is 2.14. The number of hydrogen-bond acceptors (Lipinski definition) is 4. The summed E-state index contributed by atoms with van der Waals surface area (Å²) in [4.78, 5) is 4.42. The van der Waals surface area contributed by atoms with Gasteiger partial charge in [0, 0.05) is 39.2 Å². The topological polar surface area (TPSA) is 56.9 Å². The van der Waals surface area contributed by atoms with Crippen LogP contribution in [0, 0.1) is 6.92 Å². The molecule has 17 heavy (non-hydrogen) atoms. The first-order valence-electron chi connectivity index (χ1n) is 5.48. The fraction of sp³-hybridized carbons (Fsp3) is 0.455. The summed E-state index contributed by atoms with van der Waals surface area (Å²) in [5.41, 5.74) is 0.972. The lowest BCUT2D eigenvalue weighted by molar-refractivity contribution is 0.188. The number of aryl methyl sites for hydroxylation is 2. The molecular weight excluding hydrogens is 218 g/mol. The Hall–Kier alpha value is -1.82. The second-order valence-corrected chi connectivity index (χ2v) is 3.89. The van der Waals surface area contributed by atoms with Crippen LogP contribution in [-0.2, 0) is 18.3 Å². The molecule has 0 bridgehead atoms.